The minimum atomic E-state index is -0.456. The Bertz CT molecular complexity index is 992. The van der Waals surface area contributed by atoms with Gasteiger partial charge in [0.25, 0.3) is 5.91 Å². The average Bonchev–Trinajstić information content (AvgIpc) is 3.19. The van der Waals surface area contributed by atoms with E-state index in [-0.39, 0.29) is 18.2 Å². The van der Waals surface area contributed by atoms with Crippen LogP contribution in [0.4, 0.5) is 4.39 Å². The molecule has 27 heavy (non-hydrogen) atoms. The molecule has 142 valence electrons. The van der Waals surface area contributed by atoms with Crippen molar-refractivity contribution in [2.24, 2.45) is 7.05 Å². The fourth-order valence-corrected chi connectivity index (χ4v) is 3.06. The molecule has 0 aliphatic rings. The first-order valence-corrected chi connectivity index (χ1v) is 8.45. The minimum absolute atomic E-state index is 0.174. The van der Waals surface area contributed by atoms with Crippen LogP contribution in [0.15, 0.2) is 24.3 Å². The van der Waals surface area contributed by atoms with Crippen LogP contribution in [0, 0.1) is 19.7 Å². The highest BCUT2D eigenvalue weighted by atomic mass is 19.1. The summed E-state index contributed by atoms with van der Waals surface area (Å²) in [5.74, 6) is -0.514. The molecule has 0 aliphatic carbocycles. The standard InChI is InChI=1S/C19H22FN5O2/c1-11-18(12(2)25(4)23-11)15-9-16(22-21-15)19(26)24(3)10-13-6-7-17(27-5)14(20)8-13/h6-9H,10H2,1-5H3,(H,21,22). The second-order valence-corrected chi connectivity index (χ2v) is 6.47. The number of nitrogens with one attached hydrogen (secondary N) is 1. The molecule has 3 rings (SSSR count). The Balaban J connectivity index is 1.78. The second kappa shape index (κ2) is 7.22. The molecule has 2 heterocycles. The predicted octanol–water partition coefficient (Wildman–Crippen LogP) is 2.85. The van der Waals surface area contributed by atoms with E-state index in [1.807, 2.05) is 20.9 Å². The summed E-state index contributed by atoms with van der Waals surface area (Å²) in [7, 11) is 4.94. The Morgan fingerprint density at radius 3 is 2.67 bits per heavy atom. The van der Waals surface area contributed by atoms with E-state index in [9.17, 15) is 9.18 Å². The monoisotopic (exact) mass is 371 g/mol. The van der Waals surface area contributed by atoms with Crippen molar-refractivity contribution in [2.75, 3.05) is 14.2 Å². The Kier molecular flexibility index (Phi) is 4.98. The minimum Gasteiger partial charge on any atom is -0.494 e. The van der Waals surface area contributed by atoms with Crippen molar-refractivity contribution in [3.05, 3.63) is 52.7 Å². The summed E-state index contributed by atoms with van der Waals surface area (Å²) in [6, 6.07) is 6.35. The van der Waals surface area contributed by atoms with Gasteiger partial charge < -0.3 is 9.64 Å². The third-order valence-corrected chi connectivity index (χ3v) is 4.56. The number of amides is 1. The van der Waals surface area contributed by atoms with E-state index in [0.29, 0.717) is 17.0 Å². The van der Waals surface area contributed by atoms with Crippen LogP contribution in [0.3, 0.4) is 0 Å². The van der Waals surface area contributed by atoms with Gasteiger partial charge in [-0.1, -0.05) is 6.07 Å². The highest BCUT2D eigenvalue weighted by Gasteiger charge is 2.19. The normalized spacial score (nSPS) is 10.9. The lowest BCUT2D eigenvalue weighted by atomic mass is 10.1. The molecule has 0 unspecified atom stereocenters. The van der Waals surface area contributed by atoms with Crippen LogP contribution in [0.5, 0.6) is 5.75 Å². The first-order valence-electron chi connectivity index (χ1n) is 8.45. The predicted molar refractivity (Wildman–Crippen MR) is 99.0 cm³/mol. The summed E-state index contributed by atoms with van der Waals surface area (Å²) in [6.45, 7) is 4.12. The molecule has 2 aromatic heterocycles. The number of aromatic nitrogens is 4. The number of hydrogen-bond acceptors (Lipinski definition) is 4. The van der Waals surface area contributed by atoms with E-state index in [0.717, 1.165) is 17.0 Å². The molecular weight excluding hydrogens is 349 g/mol. The SMILES string of the molecule is COc1ccc(CN(C)C(=O)c2cc(-c3c(C)nn(C)c3C)n[nH]2)cc1F. The van der Waals surface area contributed by atoms with E-state index in [2.05, 4.69) is 15.3 Å². The summed E-state index contributed by atoms with van der Waals surface area (Å²) in [6.07, 6.45) is 0. The number of aryl methyl sites for hydroxylation is 2. The van der Waals surface area contributed by atoms with Crippen molar-refractivity contribution in [2.45, 2.75) is 20.4 Å². The van der Waals surface area contributed by atoms with E-state index in [1.165, 1.54) is 18.1 Å². The lowest BCUT2D eigenvalue weighted by molar-refractivity contribution is 0.0779. The zero-order chi connectivity index (χ0) is 19.7. The third kappa shape index (κ3) is 3.55. The molecule has 8 heteroatoms. The van der Waals surface area contributed by atoms with E-state index in [1.54, 1.807) is 29.9 Å². The first kappa shape index (κ1) is 18.6. The molecule has 3 aromatic rings. The van der Waals surface area contributed by atoms with Crippen molar-refractivity contribution in [3.63, 3.8) is 0 Å². The number of methoxy groups -OCH3 is 1. The number of ether oxygens (including phenoxy) is 1. The van der Waals surface area contributed by atoms with E-state index >= 15 is 0 Å². The van der Waals surface area contributed by atoms with Crippen molar-refractivity contribution in [3.8, 4) is 17.0 Å². The quantitative estimate of drug-likeness (QED) is 0.748. The largest absolute Gasteiger partial charge is 0.494 e. The van der Waals surface area contributed by atoms with E-state index in [4.69, 9.17) is 4.74 Å². The molecule has 1 amide bonds. The number of nitrogens with zero attached hydrogens (tertiary/aromatic N) is 4. The smallest absolute Gasteiger partial charge is 0.271 e. The molecule has 1 aromatic carbocycles. The van der Waals surface area contributed by atoms with Crippen LogP contribution >= 0.6 is 0 Å². The topological polar surface area (TPSA) is 76.0 Å². The van der Waals surface area contributed by atoms with Gasteiger partial charge in [0.2, 0.25) is 0 Å². The van der Waals surface area contributed by atoms with Crippen molar-refractivity contribution < 1.29 is 13.9 Å². The Labute approximate surface area is 156 Å². The van der Waals surface area contributed by atoms with Gasteiger partial charge in [0.15, 0.2) is 11.6 Å². The molecular formula is C19H22FN5O2. The van der Waals surface area contributed by atoms with Gasteiger partial charge in [-0.25, -0.2) is 4.39 Å². The maximum absolute atomic E-state index is 13.8. The van der Waals surface area contributed by atoms with Crippen molar-refractivity contribution in [1.82, 2.24) is 24.9 Å². The molecule has 0 atom stereocenters. The molecule has 0 radical (unpaired) electrons. The lowest BCUT2D eigenvalue weighted by Crippen LogP contribution is -2.26. The first-order chi connectivity index (χ1) is 12.8. The fourth-order valence-electron chi connectivity index (χ4n) is 3.06. The van der Waals surface area contributed by atoms with Crippen LogP contribution in [0.1, 0.15) is 27.4 Å². The molecule has 0 saturated heterocycles. The molecule has 0 fully saturated rings. The van der Waals surface area contributed by atoms with E-state index < -0.39 is 5.82 Å². The zero-order valence-corrected chi connectivity index (χ0v) is 16.0. The van der Waals surface area contributed by atoms with Gasteiger partial charge in [-0.05, 0) is 37.6 Å². The average molecular weight is 371 g/mol. The highest BCUT2D eigenvalue weighted by molar-refractivity contribution is 5.93. The van der Waals surface area contributed by atoms with Crippen LogP contribution in [-0.2, 0) is 13.6 Å². The third-order valence-electron chi connectivity index (χ3n) is 4.56. The molecule has 0 saturated carbocycles. The van der Waals surface area contributed by atoms with Gasteiger partial charge in [-0.15, -0.1) is 0 Å². The number of H-pyrrole nitrogens is 1. The van der Waals surface area contributed by atoms with Crippen LogP contribution in [0.25, 0.3) is 11.3 Å². The Morgan fingerprint density at radius 1 is 1.33 bits per heavy atom. The summed E-state index contributed by atoms with van der Waals surface area (Å²) in [5, 5.41) is 11.4. The number of rotatable bonds is 5. The summed E-state index contributed by atoms with van der Waals surface area (Å²) in [5.41, 5.74) is 4.44. The second-order valence-electron chi connectivity index (χ2n) is 6.47. The zero-order valence-electron chi connectivity index (χ0n) is 16.0. The number of benzene rings is 1. The molecule has 1 N–H and O–H groups in total. The van der Waals surface area contributed by atoms with Gasteiger partial charge in [0.05, 0.1) is 18.5 Å². The van der Waals surface area contributed by atoms with Crippen LogP contribution < -0.4 is 4.74 Å². The number of hydrogen-bond donors (Lipinski definition) is 1. The number of halogens is 1. The van der Waals surface area contributed by atoms with Gasteiger partial charge in [0.1, 0.15) is 5.69 Å². The number of carbonyl (C=O) groups excluding carboxylic acids is 1. The Morgan fingerprint density at radius 2 is 2.07 bits per heavy atom. The maximum Gasteiger partial charge on any atom is 0.271 e. The Hall–Kier alpha value is -3.16. The number of carbonyl (C=O) groups is 1. The van der Waals surface area contributed by atoms with Crippen LogP contribution in [0.2, 0.25) is 0 Å². The van der Waals surface area contributed by atoms with Gasteiger partial charge >= 0.3 is 0 Å². The fraction of sp³-hybridized carbons (Fsp3) is 0.316. The van der Waals surface area contributed by atoms with Gasteiger partial charge in [-0.2, -0.15) is 10.2 Å². The summed E-state index contributed by atoms with van der Waals surface area (Å²) in [4.78, 5) is 14.2. The van der Waals surface area contributed by atoms with Gasteiger partial charge in [0, 0.05) is 31.9 Å². The lowest BCUT2D eigenvalue weighted by Gasteiger charge is -2.16. The highest BCUT2D eigenvalue weighted by Crippen LogP contribution is 2.25. The molecule has 0 aliphatic heterocycles. The molecule has 7 nitrogen and oxygen atoms in total. The number of aromatic amines is 1. The summed E-state index contributed by atoms with van der Waals surface area (Å²) >= 11 is 0. The maximum atomic E-state index is 13.8. The van der Waals surface area contributed by atoms with Crippen molar-refractivity contribution >= 4 is 5.91 Å². The van der Waals surface area contributed by atoms with Gasteiger partial charge in [-0.3, -0.25) is 14.6 Å². The van der Waals surface area contributed by atoms with Crippen LogP contribution in [-0.4, -0.2) is 44.9 Å². The molecule has 0 bridgehead atoms. The summed E-state index contributed by atoms with van der Waals surface area (Å²) < 4.78 is 20.5. The molecule has 0 spiro atoms. The van der Waals surface area contributed by atoms with Crippen molar-refractivity contribution in [1.29, 1.82) is 0 Å².